The zero-order valence-corrected chi connectivity index (χ0v) is 11.5. The summed E-state index contributed by atoms with van der Waals surface area (Å²) in [5.74, 6) is -0.795. The van der Waals surface area contributed by atoms with Crippen molar-refractivity contribution in [3.63, 3.8) is 0 Å². The summed E-state index contributed by atoms with van der Waals surface area (Å²) in [6.45, 7) is 0. The summed E-state index contributed by atoms with van der Waals surface area (Å²) in [7, 11) is 1.42. The Balaban J connectivity index is 2.72. The van der Waals surface area contributed by atoms with E-state index in [0.29, 0.717) is 21.2 Å². The van der Waals surface area contributed by atoms with Crippen molar-refractivity contribution in [1.82, 2.24) is 0 Å². The number of methoxy groups -OCH3 is 1. The largest absolute Gasteiger partial charge is 0.495 e. The van der Waals surface area contributed by atoms with Crippen molar-refractivity contribution < 1.29 is 14.6 Å². The van der Waals surface area contributed by atoms with Gasteiger partial charge in [0.25, 0.3) is 0 Å². The average molecular weight is 297 g/mol. The van der Waals surface area contributed by atoms with Crippen LogP contribution in [-0.4, -0.2) is 18.2 Å². The van der Waals surface area contributed by atoms with Crippen molar-refractivity contribution in [2.45, 2.75) is 0 Å². The van der Waals surface area contributed by atoms with Crippen LogP contribution in [0, 0.1) is 0 Å². The Morgan fingerprint density at radius 1 is 1.11 bits per heavy atom. The van der Waals surface area contributed by atoms with Crippen LogP contribution in [0.4, 0.5) is 0 Å². The van der Waals surface area contributed by atoms with E-state index in [1.807, 2.05) is 0 Å². The minimum absolute atomic E-state index is 0.0797. The van der Waals surface area contributed by atoms with E-state index in [1.54, 1.807) is 30.3 Å². The van der Waals surface area contributed by atoms with Crippen LogP contribution in [0.1, 0.15) is 10.4 Å². The van der Waals surface area contributed by atoms with Gasteiger partial charge in [0.2, 0.25) is 0 Å². The number of hydrogen-bond donors (Lipinski definition) is 1. The SMILES string of the molecule is COc1c(C(=O)O)cccc1-c1cccc(Cl)c1Cl. The number of para-hydroxylation sites is 1. The van der Waals surface area contributed by atoms with Crippen molar-refractivity contribution in [1.29, 1.82) is 0 Å². The smallest absolute Gasteiger partial charge is 0.339 e. The third kappa shape index (κ3) is 2.53. The molecule has 98 valence electrons. The Bertz CT molecular complexity index is 639. The molecule has 5 heteroatoms. The molecular formula is C14H10Cl2O3. The summed E-state index contributed by atoms with van der Waals surface area (Å²) in [4.78, 5) is 11.2. The fourth-order valence-electron chi connectivity index (χ4n) is 1.85. The fourth-order valence-corrected chi connectivity index (χ4v) is 2.25. The standard InChI is InChI=1S/C14H10Cl2O3/c1-19-13-9(5-2-6-10(13)14(17)18)8-4-3-7-11(15)12(8)16/h2-7H,1H3,(H,17,18). The maximum atomic E-state index is 11.2. The van der Waals surface area contributed by atoms with Gasteiger partial charge in [0.05, 0.1) is 17.2 Å². The number of halogens is 2. The highest BCUT2D eigenvalue weighted by Crippen LogP contribution is 2.39. The number of carboxylic acids is 1. The summed E-state index contributed by atoms with van der Waals surface area (Å²) in [5, 5.41) is 9.92. The number of ether oxygens (including phenoxy) is 1. The van der Waals surface area contributed by atoms with Gasteiger partial charge in [-0.2, -0.15) is 0 Å². The molecule has 2 rings (SSSR count). The highest BCUT2D eigenvalue weighted by atomic mass is 35.5. The van der Waals surface area contributed by atoms with Crippen LogP contribution in [0.25, 0.3) is 11.1 Å². The van der Waals surface area contributed by atoms with E-state index in [9.17, 15) is 4.79 Å². The molecule has 0 spiro atoms. The molecule has 19 heavy (non-hydrogen) atoms. The predicted molar refractivity (Wildman–Crippen MR) is 75.4 cm³/mol. The van der Waals surface area contributed by atoms with Crippen LogP contribution < -0.4 is 4.74 Å². The quantitative estimate of drug-likeness (QED) is 0.915. The molecule has 0 aliphatic rings. The van der Waals surface area contributed by atoms with Gasteiger partial charge in [0.15, 0.2) is 0 Å². The monoisotopic (exact) mass is 296 g/mol. The van der Waals surface area contributed by atoms with Gasteiger partial charge in [-0.3, -0.25) is 0 Å². The topological polar surface area (TPSA) is 46.5 Å². The summed E-state index contributed by atoms with van der Waals surface area (Å²) < 4.78 is 5.20. The zero-order chi connectivity index (χ0) is 14.0. The van der Waals surface area contributed by atoms with Gasteiger partial charge in [0, 0.05) is 11.1 Å². The summed E-state index contributed by atoms with van der Waals surface area (Å²) in [6.07, 6.45) is 0. The van der Waals surface area contributed by atoms with Crippen LogP contribution in [0.2, 0.25) is 10.0 Å². The van der Waals surface area contributed by atoms with E-state index in [-0.39, 0.29) is 11.3 Å². The van der Waals surface area contributed by atoms with Gasteiger partial charge in [-0.05, 0) is 12.1 Å². The number of rotatable bonds is 3. The molecule has 0 aliphatic heterocycles. The molecule has 0 fully saturated rings. The van der Waals surface area contributed by atoms with Crippen LogP contribution in [-0.2, 0) is 0 Å². The maximum Gasteiger partial charge on any atom is 0.339 e. The molecule has 0 unspecified atom stereocenters. The first kappa shape index (κ1) is 13.7. The van der Waals surface area contributed by atoms with Crippen molar-refractivity contribution in [2.75, 3.05) is 7.11 Å². The van der Waals surface area contributed by atoms with Gasteiger partial charge >= 0.3 is 5.97 Å². The normalized spacial score (nSPS) is 10.3. The van der Waals surface area contributed by atoms with E-state index in [2.05, 4.69) is 0 Å². The number of carbonyl (C=O) groups is 1. The number of aromatic carboxylic acids is 1. The van der Waals surface area contributed by atoms with E-state index < -0.39 is 5.97 Å². The molecule has 0 aliphatic carbocycles. The highest BCUT2D eigenvalue weighted by molar-refractivity contribution is 6.43. The predicted octanol–water partition coefficient (Wildman–Crippen LogP) is 4.37. The molecule has 0 heterocycles. The maximum absolute atomic E-state index is 11.2. The third-order valence-corrected chi connectivity index (χ3v) is 3.51. The first-order chi connectivity index (χ1) is 9.06. The van der Waals surface area contributed by atoms with Crippen molar-refractivity contribution in [3.8, 4) is 16.9 Å². The molecule has 0 saturated carbocycles. The van der Waals surface area contributed by atoms with Gasteiger partial charge in [-0.1, -0.05) is 47.5 Å². The van der Waals surface area contributed by atoms with Crippen molar-refractivity contribution >= 4 is 29.2 Å². The molecule has 1 N–H and O–H groups in total. The minimum Gasteiger partial charge on any atom is -0.495 e. The summed E-state index contributed by atoms with van der Waals surface area (Å²) in [5.41, 5.74) is 1.31. The fraction of sp³-hybridized carbons (Fsp3) is 0.0714. The molecule has 2 aromatic carbocycles. The van der Waals surface area contributed by atoms with Gasteiger partial charge in [0.1, 0.15) is 11.3 Å². The van der Waals surface area contributed by atoms with Gasteiger partial charge in [-0.25, -0.2) is 4.79 Å². The Morgan fingerprint density at radius 2 is 1.74 bits per heavy atom. The second-order valence-electron chi connectivity index (χ2n) is 3.79. The van der Waals surface area contributed by atoms with Crippen LogP contribution >= 0.6 is 23.2 Å². The van der Waals surface area contributed by atoms with Crippen LogP contribution in [0.15, 0.2) is 36.4 Å². The van der Waals surface area contributed by atoms with Crippen molar-refractivity contribution in [2.24, 2.45) is 0 Å². The van der Waals surface area contributed by atoms with Crippen LogP contribution in [0.5, 0.6) is 5.75 Å². The molecule has 3 nitrogen and oxygen atoms in total. The lowest BCUT2D eigenvalue weighted by Gasteiger charge is -2.13. The summed E-state index contributed by atoms with van der Waals surface area (Å²) in [6, 6.07) is 10.0. The molecule has 0 atom stereocenters. The van der Waals surface area contributed by atoms with Crippen LogP contribution in [0.3, 0.4) is 0 Å². The lowest BCUT2D eigenvalue weighted by Crippen LogP contribution is -2.01. The van der Waals surface area contributed by atoms with Gasteiger partial charge in [-0.15, -0.1) is 0 Å². The molecule has 0 bridgehead atoms. The number of carboxylic acid groups (broad SMARTS) is 1. The molecule has 2 aromatic rings. The highest BCUT2D eigenvalue weighted by Gasteiger charge is 2.18. The zero-order valence-electron chi connectivity index (χ0n) is 9.98. The Morgan fingerprint density at radius 3 is 2.37 bits per heavy atom. The molecular weight excluding hydrogens is 287 g/mol. The average Bonchev–Trinajstić information content (AvgIpc) is 2.41. The van der Waals surface area contributed by atoms with Gasteiger partial charge < -0.3 is 9.84 Å². The Labute approximate surface area is 120 Å². The van der Waals surface area contributed by atoms with E-state index >= 15 is 0 Å². The number of benzene rings is 2. The molecule has 0 aromatic heterocycles. The summed E-state index contributed by atoms with van der Waals surface area (Å²) >= 11 is 12.1. The number of hydrogen-bond acceptors (Lipinski definition) is 2. The van der Waals surface area contributed by atoms with E-state index in [4.69, 9.17) is 33.0 Å². The first-order valence-corrected chi connectivity index (χ1v) is 6.16. The molecule has 0 saturated heterocycles. The second kappa shape index (κ2) is 5.51. The van der Waals surface area contributed by atoms with E-state index in [0.717, 1.165) is 0 Å². The van der Waals surface area contributed by atoms with E-state index in [1.165, 1.54) is 13.2 Å². The Hall–Kier alpha value is -1.71. The lowest BCUT2D eigenvalue weighted by molar-refractivity contribution is 0.0693. The third-order valence-electron chi connectivity index (χ3n) is 2.69. The lowest BCUT2D eigenvalue weighted by atomic mass is 10.0. The Kier molecular flexibility index (Phi) is 3.98. The van der Waals surface area contributed by atoms with Crippen molar-refractivity contribution in [3.05, 3.63) is 52.0 Å². The first-order valence-electron chi connectivity index (χ1n) is 5.41. The second-order valence-corrected chi connectivity index (χ2v) is 4.58. The molecule has 0 amide bonds. The molecule has 0 radical (unpaired) electrons. The minimum atomic E-state index is -1.06.